The maximum Gasteiger partial charge on any atom is 0.344 e. The zero-order valence-electron chi connectivity index (χ0n) is 11.3. The molecule has 0 radical (unpaired) electrons. The molecule has 6 heteroatoms. The van der Waals surface area contributed by atoms with Crippen LogP contribution in [0, 0.1) is 0 Å². The van der Waals surface area contributed by atoms with Gasteiger partial charge in [0.1, 0.15) is 5.58 Å². The van der Waals surface area contributed by atoms with E-state index in [-0.39, 0.29) is 0 Å². The van der Waals surface area contributed by atoms with Crippen LogP contribution in [0.5, 0.6) is 0 Å². The molecule has 22 heavy (non-hydrogen) atoms. The zero-order valence-corrected chi connectivity index (χ0v) is 12.9. The monoisotopic (exact) mass is 358 g/mol. The van der Waals surface area contributed by atoms with Crippen LogP contribution in [0.15, 0.2) is 62.2 Å². The summed E-state index contributed by atoms with van der Waals surface area (Å²) in [6.45, 7) is 0. The number of nitrogens with one attached hydrogen (secondary N) is 1. The first-order valence-corrected chi connectivity index (χ1v) is 7.23. The molecule has 3 rings (SSSR count). The van der Waals surface area contributed by atoms with E-state index < -0.39 is 11.5 Å². The molecule has 5 nitrogen and oxygen atoms in total. The molecule has 0 bridgehead atoms. The summed E-state index contributed by atoms with van der Waals surface area (Å²) in [6, 6.07) is 13.9. The number of nitrogens with two attached hydrogens (primary N) is 1. The van der Waals surface area contributed by atoms with Crippen LogP contribution in [-0.4, -0.2) is 5.91 Å². The molecule has 0 unspecified atom stereocenters. The van der Waals surface area contributed by atoms with E-state index in [1.54, 1.807) is 36.4 Å². The number of hydrogen-bond donors (Lipinski definition) is 2. The molecule has 0 fully saturated rings. The topological polar surface area (TPSA) is 85.3 Å². The van der Waals surface area contributed by atoms with E-state index in [1.165, 1.54) is 0 Å². The predicted molar refractivity (Wildman–Crippen MR) is 87.3 cm³/mol. The third-order valence-electron chi connectivity index (χ3n) is 3.29. The number of amides is 1. The van der Waals surface area contributed by atoms with Crippen molar-refractivity contribution in [2.75, 3.05) is 0 Å². The summed E-state index contributed by atoms with van der Waals surface area (Å²) in [7, 11) is 0. The Balaban J connectivity index is 2.30. The standard InChI is InChI=1S/C16H11BrN2O3/c17-10-5-6-11(12(8-10)15(20)19-18)13-7-9-3-1-2-4-14(9)22-16(13)21/h1-8H,18H2,(H,19,20). The summed E-state index contributed by atoms with van der Waals surface area (Å²) in [5.41, 5.74) is 3.14. The number of para-hydroxylation sites is 1. The van der Waals surface area contributed by atoms with Crippen molar-refractivity contribution in [3.05, 3.63) is 69.0 Å². The van der Waals surface area contributed by atoms with Gasteiger partial charge in [-0.1, -0.05) is 40.2 Å². The SMILES string of the molecule is NNC(=O)c1cc(Br)ccc1-c1cc2ccccc2oc1=O. The highest BCUT2D eigenvalue weighted by Crippen LogP contribution is 2.26. The van der Waals surface area contributed by atoms with E-state index in [0.29, 0.717) is 26.7 Å². The van der Waals surface area contributed by atoms with Crippen LogP contribution in [0.2, 0.25) is 0 Å². The quantitative estimate of drug-likeness (QED) is 0.319. The van der Waals surface area contributed by atoms with E-state index in [9.17, 15) is 9.59 Å². The van der Waals surface area contributed by atoms with Crippen LogP contribution in [-0.2, 0) is 0 Å². The molecule has 2 aromatic carbocycles. The summed E-state index contributed by atoms with van der Waals surface area (Å²) in [4.78, 5) is 24.2. The van der Waals surface area contributed by atoms with Gasteiger partial charge in [-0.3, -0.25) is 10.2 Å². The number of hydrazine groups is 1. The predicted octanol–water partition coefficient (Wildman–Crippen LogP) is 2.83. The van der Waals surface area contributed by atoms with E-state index in [4.69, 9.17) is 10.3 Å². The highest BCUT2D eigenvalue weighted by molar-refractivity contribution is 9.10. The molecule has 0 aliphatic carbocycles. The van der Waals surface area contributed by atoms with Gasteiger partial charge in [-0.25, -0.2) is 10.6 Å². The first-order valence-electron chi connectivity index (χ1n) is 6.44. The van der Waals surface area contributed by atoms with Gasteiger partial charge in [-0.15, -0.1) is 0 Å². The van der Waals surface area contributed by atoms with Crippen molar-refractivity contribution in [2.45, 2.75) is 0 Å². The molecule has 1 amide bonds. The van der Waals surface area contributed by atoms with Gasteiger partial charge in [-0.2, -0.15) is 0 Å². The lowest BCUT2D eigenvalue weighted by atomic mass is 10.00. The molecule has 0 saturated carbocycles. The number of carbonyl (C=O) groups excluding carboxylic acids is 1. The molecule has 0 saturated heterocycles. The third-order valence-corrected chi connectivity index (χ3v) is 3.78. The van der Waals surface area contributed by atoms with Crippen molar-refractivity contribution in [3.8, 4) is 11.1 Å². The van der Waals surface area contributed by atoms with Crippen molar-refractivity contribution < 1.29 is 9.21 Å². The largest absolute Gasteiger partial charge is 0.422 e. The molecular formula is C16H11BrN2O3. The second-order valence-electron chi connectivity index (χ2n) is 4.65. The van der Waals surface area contributed by atoms with E-state index in [1.807, 2.05) is 12.1 Å². The fraction of sp³-hybridized carbons (Fsp3) is 0. The number of hydrogen-bond acceptors (Lipinski definition) is 4. The van der Waals surface area contributed by atoms with Gasteiger partial charge in [0.05, 0.1) is 5.56 Å². The number of benzene rings is 2. The summed E-state index contributed by atoms with van der Waals surface area (Å²) >= 11 is 3.30. The highest BCUT2D eigenvalue weighted by atomic mass is 79.9. The Morgan fingerprint density at radius 1 is 1.09 bits per heavy atom. The average molecular weight is 359 g/mol. The number of rotatable bonds is 2. The molecule has 0 aliphatic rings. The fourth-order valence-corrected chi connectivity index (χ4v) is 2.63. The molecule has 0 atom stereocenters. The minimum absolute atomic E-state index is 0.291. The summed E-state index contributed by atoms with van der Waals surface area (Å²) in [5.74, 6) is 4.73. The minimum atomic E-state index is -0.507. The van der Waals surface area contributed by atoms with Gasteiger partial charge >= 0.3 is 5.63 Å². The Labute approximate surface area is 133 Å². The number of fused-ring (bicyclic) bond motifs is 1. The van der Waals surface area contributed by atoms with Crippen molar-refractivity contribution in [1.29, 1.82) is 0 Å². The van der Waals surface area contributed by atoms with Crippen molar-refractivity contribution in [1.82, 2.24) is 5.43 Å². The first kappa shape index (κ1) is 14.5. The van der Waals surface area contributed by atoms with Crippen LogP contribution < -0.4 is 16.9 Å². The van der Waals surface area contributed by atoms with Crippen LogP contribution in [0.1, 0.15) is 10.4 Å². The maximum absolute atomic E-state index is 12.2. The van der Waals surface area contributed by atoms with Gasteiger partial charge in [-0.05, 0) is 24.3 Å². The Kier molecular flexibility index (Phi) is 3.79. The number of nitrogen functional groups attached to an aromatic ring is 1. The lowest BCUT2D eigenvalue weighted by Crippen LogP contribution is -2.30. The molecule has 110 valence electrons. The molecule has 1 heterocycles. The zero-order chi connectivity index (χ0) is 15.7. The molecule has 0 spiro atoms. The molecule has 3 aromatic rings. The van der Waals surface area contributed by atoms with E-state index in [0.717, 1.165) is 5.39 Å². The molecule has 3 N–H and O–H groups in total. The lowest BCUT2D eigenvalue weighted by molar-refractivity contribution is 0.0954. The van der Waals surface area contributed by atoms with E-state index in [2.05, 4.69) is 21.4 Å². The summed E-state index contributed by atoms with van der Waals surface area (Å²) in [6.07, 6.45) is 0. The first-order chi connectivity index (χ1) is 10.6. The summed E-state index contributed by atoms with van der Waals surface area (Å²) in [5, 5.41) is 0.777. The van der Waals surface area contributed by atoms with Gasteiger partial charge in [0.2, 0.25) is 0 Å². The smallest absolute Gasteiger partial charge is 0.344 e. The van der Waals surface area contributed by atoms with Gasteiger partial charge in [0, 0.05) is 21.0 Å². The van der Waals surface area contributed by atoms with Crippen molar-refractivity contribution >= 4 is 32.8 Å². The summed E-state index contributed by atoms with van der Waals surface area (Å²) < 4.78 is 6.02. The van der Waals surface area contributed by atoms with Crippen molar-refractivity contribution in [2.24, 2.45) is 5.84 Å². The number of halogens is 1. The normalized spacial score (nSPS) is 10.6. The van der Waals surface area contributed by atoms with Gasteiger partial charge in [0.15, 0.2) is 0 Å². The highest BCUT2D eigenvalue weighted by Gasteiger charge is 2.16. The Morgan fingerprint density at radius 3 is 2.64 bits per heavy atom. The Morgan fingerprint density at radius 2 is 1.86 bits per heavy atom. The minimum Gasteiger partial charge on any atom is -0.422 e. The Bertz CT molecular complexity index is 934. The fourth-order valence-electron chi connectivity index (χ4n) is 2.27. The van der Waals surface area contributed by atoms with E-state index >= 15 is 0 Å². The average Bonchev–Trinajstić information content (AvgIpc) is 2.53. The van der Waals surface area contributed by atoms with Crippen molar-refractivity contribution in [3.63, 3.8) is 0 Å². The van der Waals surface area contributed by atoms with Crippen LogP contribution in [0.25, 0.3) is 22.1 Å². The molecule has 1 aromatic heterocycles. The molecular weight excluding hydrogens is 348 g/mol. The lowest BCUT2D eigenvalue weighted by Gasteiger charge is -2.09. The third kappa shape index (κ3) is 2.54. The van der Waals surface area contributed by atoms with Crippen LogP contribution in [0.4, 0.5) is 0 Å². The second kappa shape index (κ2) is 5.75. The van der Waals surface area contributed by atoms with Gasteiger partial charge in [0.25, 0.3) is 5.91 Å². The number of carbonyl (C=O) groups is 1. The van der Waals surface area contributed by atoms with Crippen LogP contribution >= 0.6 is 15.9 Å². The van der Waals surface area contributed by atoms with Gasteiger partial charge < -0.3 is 4.42 Å². The molecule has 0 aliphatic heterocycles. The maximum atomic E-state index is 12.2. The second-order valence-corrected chi connectivity index (χ2v) is 5.56. The van der Waals surface area contributed by atoms with Crippen LogP contribution in [0.3, 0.4) is 0 Å². The Hall–Kier alpha value is -2.44.